The van der Waals surface area contributed by atoms with Gasteiger partial charge in [-0.2, -0.15) is 0 Å². The van der Waals surface area contributed by atoms with E-state index in [1.807, 2.05) is 6.07 Å². The monoisotopic (exact) mass is 212 g/mol. The molecule has 1 aromatic carbocycles. The van der Waals surface area contributed by atoms with E-state index in [1.54, 1.807) is 31.2 Å². The molecule has 1 unspecified atom stereocenters. The van der Waals surface area contributed by atoms with Gasteiger partial charge in [-0.3, -0.25) is 4.52 Å². The normalized spacial score (nSPS) is 14.4. The summed E-state index contributed by atoms with van der Waals surface area (Å²) in [5.41, 5.74) is 0. The van der Waals surface area contributed by atoms with Crippen molar-refractivity contribution in [2.24, 2.45) is 0 Å². The predicted octanol–water partition coefficient (Wildman–Crippen LogP) is 3.44. The zero-order valence-electron chi connectivity index (χ0n) is 8.05. The molecule has 4 heteroatoms. The van der Waals surface area contributed by atoms with Crippen molar-refractivity contribution < 1.29 is 13.6 Å². The van der Waals surface area contributed by atoms with Gasteiger partial charge >= 0.3 is 7.60 Å². The van der Waals surface area contributed by atoms with Gasteiger partial charge in [-0.25, -0.2) is 4.57 Å². The smallest absolute Gasteiger partial charge is 0.402 e. The largest absolute Gasteiger partial charge is 0.422 e. The molecule has 3 nitrogen and oxygen atoms in total. The zero-order chi connectivity index (χ0) is 10.4. The summed E-state index contributed by atoms with van der Waals surface area (Å²) in [4.78, 5) is 0. The van der Waals surface area contributed by atoms with E-state index in [9.17, 15) is 4.57 Å². The second-order valence-corrected chi connectivity index (χ2v) is 4.43. The van der Waals surface area contributed by atoms with Crippen LogP contribution in [-0.4, -0.2) is 6.61 Å². The molecule has 0 saturated carbocycles. The van der Waals surface area contributed by atoms with Crippen molar-refractivity contribution in [1.82, 2.24) is 0 Å². The van der Waals surface area contributed by atoms with Gasteiger partial charge in [0.2, 0.25) is 0 Å². The highest BCUT2D eigenvalue weighted by atomic mass is 31.2. The Labute approximate surface area is 83.9 Å². The molecular formula is C10H13O3P. The lowest BCUT2D eigenvalue weighted by Gasteiger charge is -2.14. The van der Waals surface area contributed by atoms with Crippen LogP contribution in [0.4, 0.5) is 0 Å². The van der Waals surface area contributed by atoms with Gasteiger partial charge in [0.1, 0.15) is 5.75 Å². The predicted molar refractivity (Wildman–Crippen MR) is 56.5 cm³/mol. The highest BCUT2D eigenvalue weighted by Gasteiger charge is 2.20. The Morgan fingerprint density at radius 3 is 2.57 bits per heavy atom. The highest BCUT2D eigenvalue weighted by Crippen LogP contribution is 2.48. The molecule has 0 radical (unpaired) electrons. The maximum Gasteiger partial charge on any atom is 0.402 e. The number of rotatable bonds is 5. The van der Waals surface area contributed by atoms with Crippen LogP contribution in [0.15, 0.2) is 42.7 Å². The SMILES string of the molecule is C=CP(=O)(OCC)Oc1ccccc1. The quantitative estimate of drug-likeness (QED) is 0.701. The minimum Gasteiger partial charge on any atom is -0.422 e. The first kappa shape index (κ1) is 11.0. The molecule has 0 aromatic heterocycles. The Morgan fingerprint density at radius 1 is 1.43 bits per heavy atom. The Hall–Kier alpha value is -1.05. The summed E-state index contributed by atoms with van der Waals surface area (Å²) in [5.74, 6) is 1.73. The minimum absolute atomic E-state index is 0.329. The molecule has 0 amide bonds. The average molecular weight is 212 g/mol. The van der Waals surface area contributed by atoms with E-state index in [1.165, 1.54) is 5.82 Å². The first-order valence-corrected chi connectivity index (χ1v) is 5.94. The fourth-order valence-electron chi connectivity index (χ4n) is 0.925. The number of hydrogen-bond donors (Lipinski definition) is 0. The Morgan fingerprint density at radius 2 is 2.07 bits per heavy atom. The van der Waals surface area contributed by atoms with Gasteiger partial charge in [0.15, 0.2) is 0 Å². The Bertz CT molecular complexity index is 334. The summed E-state index contributed by atoms with van der Waals surface area (Å²) >= 11 is 0. The lowest BCUT2D eigenvalue weighted by molar-refractivity contribution is 0.288. The third kappa shape index (κ3) is 3.02. The van der Waals surface area contributed by atoms with Gasteiger partial charge in [-0.05, 0) is 19.1 Å². The molecule has 0 fully saturated rings. The summed E-state index contributed by atoms with van der Waals surface area (Å²) in [6, 6.07) is 8.89. The van der Waals surface area contributed by atoms with Crippen molar-refractivity contribution in [3.05, 3.63) is 42.7 Å². The van der Waals surface area contributed by atoms with E-state index in [2.05, 4.69) is 6.58 Å². The summed E-state index contributed by atoms with van der Waals surface area (Å²) < 4.78 is 22.0. The lowest BCUT2D eigenvalue weighted by Crippen LogP contribution is -1.94. The molecule has 1 atom stereocenters. The van der Waals surface area contributed by atoms with Crippen molar-refractivity contribution >= 4 is 7.60 Å². The highest BCUT2D eigenvalue weighted by molar-refractivity contribution is 7.57. The fraction of sp³-hybridized carbons (Fsp3) is 0.200. The van der Waals surface area contributed by atoms with Crippen LogP contribution in [0.5, 0.6) is 5.75 Å². The van der Waals surface area contributed by atoms with E-state index >= 15 is 0 Å². The molecule has 1 aromatic rings. The minimum atomic E-state index is -3.16. The fourth-order valence-corrected chi connectivity index (χ4v) is 1.93. The second-order valence-electron chi connectivity index (χ2n) is 2.54. The molecule has 0 aliphatic rings. The van der Waals surface area contributed by atoms with Crippen LogP contribution in [0, 0.1) is 0 Å². The third-order valence-electron chi connectivity index (χ3n) is 1.51. The van der Waals surface area contributed by atoms with Crippen molar-refractivity contribution in [2.45, 2.75) is 6.92 Å². The molecule has 0 spiro atoms. The summed E-state index contributed by atoms with van der Waals surface area (Å²) in [6.07, 6.45) is 0. The van der Waals surface area contributed by atoms with Crippen LogP contribution in [0.1, 0.15) is 6.92 Å². The van der Waals surface area contributed by atoms with E-state index < -0.39 is 7.60 Å². The maximum absolute atomic E-state index is 11.8. The first-order valence-electron chi connectivity index (χ1n) is 4.32. The van der Waals surface area contributed by atoms with E-state index in [0.717, 1.165) is 0 Å². The van der Waals surface area contributed by atoms with Gasteiger partial charge in [-0.1, -0.05) is 24.8 Å². The van der Waals surface area contributed by atoms with Gasteiger partial charge in [-0.15, -0.1) is 0 Å². The van der Waals surface area contributed by atoms with Crippen molar-refractivity contribution in [3.8, 4) is 5.75 Å². The molecule has 0 aliphatic carbocycles. The van der Waals surface area contributed by atoms with Crippen LogP contribution >= 0.6 is 7.60 Å². The molecular weight excluding hydrogens is 199 g/mol. The molecule has 0 bridgehead atoms. The van der Waals surface area contributed by atoms with Crippen molar-refractivity contribution in [3.63, 3.8) is 0 Å². The number of hydrogen-bond acceptors (Lipinski definition) is 3. The van der Waals surface area contributed by atoms with Gasteiger partial charge in [0.25, 0.3) is 0 Å². The lowest BCUT2D eigenvalue weighted by atomic mass is 10.3. The average Bonchev–Trinajstić information content (AvgIpc) is 2.20. The molecule has 0 aliphatic heterocycles. The summed E-state index contributed by atoms with van der Waals surface area (Å²) in [6.45, 7) is 5.52. The van der Waals surface area contributed by atoms with Crippen LogP contribution in [0.3, 0.4) is 0 Å². The Balaban J connectivity index is 2.76. The molecule has 14 heavy (non-hydrogen) atoms. The van der Waals surface area contributed by atoms with Crippen LogP contribution in [-0.2, 0) is 9.09 Å². The Kier molecular flexibility index (Phi) is 3.93. The van der Waals surface area contributed by atoms with Gasteiger partial charge < -0.3 is 4.52 Å². The number of benzene rings is 1. The van der Waals surface area contributed by atoms with Crippen LogP contribution in [0.2, 0.25) is 0 Å². The van der Waals surface area contributed by atoms with Crippen molar-refractivity contribution in [1.29, 1.82) is 0 Å². The zero-order valence-corrected chi connectivity index (χ0v) is 8.94. The molecule has 1 rings (SSSR count). The van der Waals surface area contributed by atoms with Crippen molar-refractivity contribution in [2.75, 3.05) is 6.61 Å². The first-order chi connectivity index (χ1) is 6.70. The third-order valence-corrected chi connectivity index (χ3v) is 3.04. The van der Waals surface area contributed by atoms with E-state index in [4.69, 9.17) is 9.05 Å². The standard InChI is InChI=1S/C10H13O3P/c1-3-12-14(11,4-2)13-10-8-6-5-7-9-10/h4-9H,2-3H2,1H3. The summed E-state index contributed by atoms with van der Waals surface area (Å²) in [5, 5.41) is 0. The van der Waals surface area contributed by atoms with Crippen LogP contribution in [0.25, 0.3) is 0 Å². The number of para-hydroxylation sites is 1. The molecule has 0 N–H and O–H groups in total. The summed E-state index contributed by atoms with van der Waals surface area (Å²) in [7, 11) is -3.16. The maximum atomic E-state index is 11.8. The molecule has 0 saturated heterocycles. The van der Waals surface area contributed by atoms with Gasteiger partial charge in [0.05, 0.1) is 6.61 Å². The second kappa shape index (κ2) is 4.99. The van der Waals surface area contributed by atoms with Crippen LogP contribution < -0.4 is 4.52 Å². The van der Waals surface area contributed by atoms with E-state index in [-0.39, 0.29) is 0 Å². The molecule has 0 heterocycles. The molecule has 76 valence electrons. The van der Waals surface area contributed by atoms with Gasteiger partial charge in [0, 0.05) is 5.82 Å². The topological polar surface area (TPSA) is 35.5 Å². The van der Waals surface area contributed by atoms with E-state index in [0.29, 0.717) is 12.4 Å².